The van der Waals surface area contributed by atoms with Gasteiger partial charge in [-0.3, -0.25) is 0 Å². The number of anilines is 6. The fourth-order valence-corrected chi connectivity index (χ4v) is 15.6. The second-order valence-corrected chi connectivity index (χ2v) is 30.4. The van der Waals surface area contributed by atoms with Gasteiger partial charge in [-0.2, -0.15) is 0 Å². The quantitative estimate of drug-likeness (QED) is 0.165. The molecule has 4 heterocycles. The molecule has 0 atom stereocenters. The van der Waals surface area contributed by atoms with Crippen LogP contribution >= 0.6 is 0 Å². The first-order valence-electron chi connectivity index (χ1n) is 29.9. The van der Waals surface area contributed by atoms with Gasteiger partial charge in [0, 0.05) is 44.6 Å². The van der Waals surface area contributed by atoms with E-state index in [-0.39, 0.29) is 44.6 Å². The molecule has 0 unspecified atom stereocenters. The standard InChI is InChI=1S/C74H82BN3O/c1-43-18-25-49-50-26-19-44(2)35-60(50)77(59(49)34-43)48-37-62-65-63(38-48)78(46-22-20-45(21-23-46)68(3,4)5)66-51-39-54-57(74(16,17)33-30-71(54,10)11)42-64(51)79-67(66)75(65)58-40-55-56(73(14,15)32-31-72(55,12)13)41-61(58)76(62)47-24-27-52-53(36-47)70(8,9)29-28-69(52,6)7/h18-27,34-42H,28-33H2,1-17H3. The largest absolute Gasteiger partial charge is 0.468 e. The second kappa shape index (κ2) is 16.1. The molecule has 0 bridgehead atoms. The average Bonchev–Trinajstić information content (AvgIpc) is 4.12. The first-order valence-corrected chi connectivity index (χ1v) is 29.9. The summed E-state index contributed by atoms with van der Waals surface area (Å²) in [4.78, 5) is 5.35. The van der Waals surface area contributed by atoms with E-state index in [0.29, 0.717) is 0 Å². The fraction of sp³-hybridized carbons (Fsp3) is 0.405. The lowest BCUT2D eigenvalue weighted by Crippen LogP contribution is -2.61. The van der Waals surface area contributed by atoms with Gasteiger partial charge < -0.3 is 18.8 Å². The van der Waals surface area contributed by atoms with E-state index in [4.69, 9.17) is 4.42 Å². The minimum absolute atomic E-state index is 0.00562. The third-order valence-electron chi connectivity index (χ3n) is 21.0. The van der Waals surface area contributed by atoms with Crippen LogP contribution in [0, 0.1) is 13.8 Å². The lowest BCUT2D eigenvalue weighted by molar-refractivity contribution is 0.332. The van der Waals surface area contributed by atoms with E-state index in [1.807, 2.05) is 0 Å². The van der Waals surface area contributed by atoms with E-state index < -0.39 is 0 Å². The number of hydrogen-bond acceptors (Lipinski definition) is 3. The molecule has 3 aliphatic carbocycles. The first kappa shape index (κ1) is 50.7. The van der Waals surface area contributed by atoms with Crippen molar-refractivity contribution in [2.75, 3.05) is 9.80 Å². The van der Waals surface area contributed by atoms with Crippen LogP contribution in [0.3, 0.4) is 0 Å². The Hall–Kier alpha value is -6.46. The van der Waals surface area contributed by atoms with Crippen molar-refractivity contribution in [3.63, 3.8) is 0 Å². The zero-order chi connectivity index (χ0) is 55.6. The lowest BCUT2D eigenvalue weighted by Gasteiger charge is -2.47. The maximum absolute atomic E-state index is 7.84. The van der Waals surface area contributed by atoms with Gasteiger partial charge in [0.15, 0.2) is 0 Å². The molecule has 5 heteroatoms. The van der Waals surface area contributed by atoms with Crippen molar-refractivity contribution in [1.29, 1.82) is 0 Å². The molecular formula is C74H82BN3O. The summed E-state index contributed by atoms with van der Waals surface area (Å²) < 4.78 is 10.4. The zero-order valence-electron chi connectivity index (χ0n) is 50.5. The highest BCUT2D eigenvalue weighted by atomic mass is 16.3. The van der Waals surface area contributed by atoms with E-state index in [1.54, 1.807) is 0 Å². The smallest absolute Gasteiger partial charge is 0.297 e. The van der Waals surface area contributed by atoms with Crippen molar-refractivity contribution in [3.8, 4) is 5.69 Å². The highest BCUT2D eigenvalue weighted by Gasteiger charge is 2.51. The summed E-state index contributed by atoms with van der Waals surface area (Å²) in [6.07, 6.45) is 6.90. The van der Waals surface area contributed by atoms with Crippen LogP contribution in [-0.4, -0.2) is 11.3 Å². The molecule has 0 N–H and O–H groups in total. The van der Waals surface area contributed by atoms with Crippen LogP contribution in [0.25, 0.3) is 38.5 Å². The number of benzene rings is 7. The lowest BCUT2D eigenvalue weighted by atomic mass is 9.35. The molecule has 0 saturated heterocycles. The Morgan fingerprint density at radius 1 is 0.418 bits per heavy atom. The molecule has 2 aliphatic heterocycles. The summed E-state index contributed by atoms with van der Waals surface area (Å²) in [5.41, 5.74) is 28.2. The van der Waals surface area contributed by atoms with Crippen molar-refractivity contribution in [3.05, 3.63) is 165 Å². The number of nitrogens with zero attached hydrogens (tertiary/aromatic N) is 3. The Morgan fingerprint density at radius 3 is 1.43 bits per heavy atom. The monoisotopic (exact) mass is 1040 g/mol. The Morgan fingerprint density at radius 2 is 0.886 bits per heavy atom. The van der Waals surface area contributed by atoms with E-state index in [1.165, 1.54) is 123 Å². The van der Waals surface area contributed by atoms with Crippen LogP contribution in [0.1, 0.15) is 192 Å². The van der Waals surface area contributed by atoms with Crippen molar-refractivity contribution in [1.82, 2.24) is 4.57 Å². The molecule has 0 amide bonds. The van der Waals surface area contributed by atoms with E-state index in [0.717, 1.165) is 54.7 Å². The number of fused-ring (bicyclic) bond motifs is 12. The number of aryl methyl sites for hydroxylation is 2. The molecule has 2 aromatic heterocycles. The summed E-state index contributed by atoms with van der Waals surface area (Å²) in [5.74, 6) is 0. The Labute approximate surface area is 471 Å². The molecule has 5 aliphatic rings. The fourth-order valence-electron chi connectivity index (χ4n) is 15.6. The Balaban J connectivity index is 1.18. The van der Waals surface area contributed by atoms with Gasteiger partial charge in [-0.15, -0.1) is 0 Å². The van der Waals surface area contributed by atoms with Crippen LogP contribution in [0.15, 0.2) is 120 Å². The predicted molar refractivity (Wildman–Crippen MR) is 339 cm³/mol. The summed E-state index contributed by atoms with van der Waals surface area (Å²) in [6, 6.07) is 46.7. The van der Waals surface area contributed by atoms with Gasteiger partial charge in [-0.25, -0.2) is 0 Å². The zero-order valence-corrected chi connectivity index (χ0v) is 50.5. The molecule has 14 rings (SSSR count). The number of aromatic nitrogens is 1. The van der Waals surface area contributed by atoms with E-state index in [9.17, 15) is 0 Å². The van der Waals surface area contributed by atoms with Crippen LogP contribution in [0.4, 0.5) is 34.1 Å². The molecule has 0 radical (unpaired) electrons. The normalized spacial score (nSPS) is 19.7. The predicted octanol–water partition coefficient (Wildman–Crippen LogP) is 18.6. The van der Waals surface area contributed by atoms with Gasteiger partial charge in [0.2, 0.25) is 0 Å². The van der Waals surface area contributed by atoms with Gasteiger partial charge >= 0.3 is 0 Å². The van der Waals surface area contributed by atoms with Crippen molar-refractivity contribution in [2.24, 2.45) is 0 Å². The highest BCUT2D eigenvalue weighted by Crippen LogP contribution is 2.56. The molecule has 0 spiro atoms. The molecule has 9 aromatic rings. The molecule has 0 fully saturated rings. The molecular weight excluding hydrogens is 958 g/mol. The minimum Gasteiger partial charge on any atom is -0.468 e. The van der Waals surface area contributed by atoms with Crippen LogP contribution in [0.5, 0.6) is 0 Å². The van der Waals surface area contributed by atoms with E-state index in [2.05, 4.69) is 247 Å². The van der Waals surface area contributed by atoms with Crippen molar-refractivity contribution >= 4 is 90.2 Å². The topological polar surface area (TPSA) is 24.6 Å². The summed E-state index contributed by atoms with van der Waals surface area (Å²) in [6.45, 7) is 40.9. The third kappa shape index (κ3) is 7.31. The van der Waals surface area contributed by atoms with Crippen LogP contribution in [-0.2, 0) is 37.9 Å². The van der Waals surface area contributed by atoms with E-state index >= 15 is 0 Å². The minimum atomic E-state index is -0.183. The maximum Gasteiger partial charge on any atom is 0.297 e. The third-order valence-corrected chi connectivity index (χ3v) is 21.0. The van der Waals surface area contributed by atoms with Gasteiger partial charge in [0.05, 0.1) is 28.1 Å². The highest BCUT2D eigenvalue weighted by molar-refractivity contribution is 7.00. The molecule has 402 valence electrons. The first-order chi connectivity index (χ1) is 37.0. The Bertz CT molecular complexity index is 4040. The average molecular weight is 1040 g/mol. The van der Waals surface area contributed by atoms with Crippen LogP contribution < -0.4 is 26.4 Å². The van der Waals surface area contributed by atoms with Crippen LogP contribution in [0.2, 0.25) is 0 Å². The molecule has 4 nitrogen and oxygen atoms in total. The summed E-state index contributed by atoms with van der Waals surface area (Å²) >= 11 is 0. The van der Waals surface area contributed by atoms with Gasteiger partial charge in [-0.05, 0) is 218 Å². The van der Waals surface area contributed by atoms with Gasteiger partial charge in [0.25, 0.3) is 6.71 Å². The molecule has 0 saturated carbocycles. The van der Waals surface area contributed by atoms with Crippen molar-refractivity contribution in [2.45, 2.75) is 194 Å². The Kier molecular flexibility index (Phi) is 10.4. The van der Waals surface area contributed by atoms with Gasteiger partial charge in [0.1, 0.15) is 5.58 Å². The van der Waals surface area contributed by atoms with Crippen molar-refractivity contribution < 1.29 is 4.42 Å². The number of rotatable bonds is 3. The molecule has 79 heavy (non-hydrogen) atoms. The number of furan rings is 1. The molecule has 7 aromatic carbocycles. The SMILES string of the molecule is Cc1ccc2c3ccc(C)cc3n(-c3cc4c5c(c3)N(c3ccc(C(C)(C)C)cc3)c3c(oc6cc7c(cc36)C(C)(C)CCC7(C)C)B5c3cc5c(cc3N4c3ccc4c(c3)C(C)(C)CCC4(C)C)C(C)(C)CCC5(C)C)c2c1. The summed E-state index contributed by atoms with van der Waals surface area (Å²) in [7, 11) is 0. The number of hydrogen-bond donors (Lipinski definition) is 0. The second-order valence-electron chi connectivity index (χ2n) is 30.4. The summed E-state index contributed by atoms with van der Waals surface area (Å²) in [5, 5.41) is 3.75. The van der Waals surface area contributed by atoms with Gasteiger partial charge in [-0.1, -0.05) is 152 Å². The maximum atomic E-state index is 7.84.